The minimum atomic E-state index is 0.928. The average molecular weight is 585 g/mol. The minimum Gasteiger partial charge on any atom is -0.355 e. The molecule has 0 aliphatic carbocycles. The third kappa shape index (κ3) is 5.58. The Balaban J connectivity index is 1.80. The van der Waals surface area contributed by atoms with Gasteiger partial charge >= 0.3 is 0 Å². The van der Waals surface area contributed by atoms with Crippen LogP contribution in [-0.4, -0.2) is 20.7 Å². The Morgan fingerprint density at radius 1 is 0.477 bits per heavy atom. The quantitative estimate of drug-likeness (QED) is 0.174. The summed E-state index contributed by atoms with van der Waals surface area (Å²) in [5.74, 6) is 7.08. The van der Waals surface area contributed by atoms with Crippen LogP contribution in [0.4, 0.5) is 0 Å². The van der Waals surface area contributed by atoms with Crippen LogP contribution in [0.2, 0.25) is 0 Å². The lowest BCUT2D eigenvalue weighted by molar-refractivity contribution is 1.05. The highest BCUT2D eigenvalue weighted by atomic mass is 14.8. The van der Waals surface area contributed by atoms with Crippen LogP contribution >= 0.6 is 0 Å². The molecule has 0 spiro atoms. The predicted molar refractivity (Wildman–Crippen MR) is 189 cm³/mol. The van der Waals surface area contributed by atoms with Crippen molar-refractivity contribution < 1.29 is 0 Å². The lowest BCUT2D eigenvalue weighted by atomic mass is 9.99. The lowest BCUT2D eigenvalue weighted by Gasteiger charge is -2.03. The smallest absolute Gasteiger partial charge is 0.109 e. The van der Waals surface area contributed by atoms with E-state index in [1.165, 1.54) is 55.9 Å². The van der Waals surface area contributed by atoms with Gasteiger partial charge in [-0.2, -0.15) is 0 Å². The van der Waals surface area contributed by atoms with Crippen molar-refractivity contribution in [3.63, 3.8) is 0 Å². The number of aromatic nitrogens is 3. The van der Waals surface area contributed by atoms with Gasteiger partial charge in [-0.05, 0) is 132 Å². The number of allylic oxidation sites excluding steroid dienone is 3. The number of aliphatic imine (C=N–C) groups is 1. The minimum absolute atomic E-state index is 0.928. The molecular formula is C40H48N4. The normalized spacial score (nSPS) is 14.2. The Morgan fingerprint density at radius 2 is 0.909 bits per heavy atom. The van der Waals surface area contributed by atoms with Crippen molar-refractivity contribution in [2.24, 2.45) is 4.99 Å². The van der Waals surface area contributed by atoms with Crippen LogP contribution in [0.15, 0.2) is 33.6 Å². The molecule has 3 aromatic heterocycles. The topological polar surface area (TPSA) is 59.7 Å². The second-order valence-corrected chi connectivity index (χ2v) is 11.5. The van der Waals surface area contributed by atoms with E-state index in [-0.39, 0.29) is 0 Å². The lowest BCUT2D eigenvalue weighted by Crippen LogP contribution is -1.96. The van der Waals surface area contributed by atoms with Gasteiger partial charge in [-0.25, -0.2) is 4.99 Å². The highest BCUT2D eigenvalue weighted by molar-refractivity contribution is 6.14. The molecule has 0 atom stereocenters. The fourth-order valence-electron chi connectivity index (χ4n) is 7.16. The number of fused-ring (bicyclic) bond motifs is 7. The molecule has 0 saturated carbocycles. The molecule has 0 aromatic carbocycles. The van der Waals surface area contributed by atoms with E-state index in [4.69, 9.17) is 4.99 Å². The molecule has 5 heterocycles. The first kappa shape index (κ1) is 31.2. The van der Waals surface area contributed by atoms with Crippen molar-refractivity contribution in [2.45, 2.75) is 107 Å². The third-order valence-electron chi connectivity index (χ3n) is 9.30. The molecule has 228 valence electrons. The van der Waals surface area contributed by atoms with Crippen molar-refractivity contribution in [3.8, 4) is 11.8 Å². The highest BCUT2D eigenvalue weighted by Crippen LogP contribution is 2.32. The molecule has 8 bridgehead atoms. The van der Waals surface area contributed by atoms with Gasteiger partial charge in [-0.15, -0.1) is 0 Å². The molecule has 5 rings (SSSR count). The van der Waals surface area contributed by atoms with Gasteiger partial charge in [0.25, 0.3) is 0 Å². The van der Waals surface area contributed by atoms with Crippen molar-refractivity contribution in [1.82, 2.24) is 15.0 Å². The van der Waals surface area contributed by atoms with E-state index in [2.05, 4.69) is 118 Å². The Labute approximate surface area is 264 Å². The summed E-state index contributed by atoms with van der Waals surface area (Å²) < 4.78 is 0. The Bertz CT molecular complexity index is 1820. The van der Waals surface area contributed by atoms with E-state index in [0.29, 0.717) is 0 Å². The third-order valence-corrected chi connectivity index (χ3v) is 9.30. The Kier molecular flexibility index (Phi) is 9.68. The molecule has 3 N–H and O–H groups in total. The summed E-state index contributed by atoms with van der Waals surface area (Å²) in [5, 5.41) is 0. The molecule has 44 heavy (non-hydrogen) atoms. The fourth-order valence-corrected chi connectivity index (χ4v) is 7.16. The van der Waals surface area contributed by atoms with Gasteiger partial charge in [0.2, 0.25) is 0 Å². The molecule has 0 amide bonds. The van der Waals surface area contributed by atoms with Gasteiger partial charge < -0.3 is 15.0 Å². The largest absolute Gasteiger partial charge is 0.355 e. The van der Waals surface area contributed by atoms with Crippen LogP contribution in [0.5, 0.6) is 0 Å². The first-order chi connectivity index (χ1) is 21.5. The maximum Gasteiger partial charge on any atom is 0.109 e. The number of H-pyrrole nitrogens is 3. The number of rotatable bonds is 8. The van der Waals surface area contributed by atoms with Crippen molar-refractivity contribution in [1.29, 1.82) is 0 Å². The summed E-state index contributed by atoms with van der Waals surface area (Å²) in [6, 6.07) is 0. The highest BCUT2D eigenvalue weighted by Gasteiger charge is 2.21. The summed E-state index contributed by atoms with van der Waals surface area (Å²) in [5.41, 5.74) is 22.8. The number of hydrogen-bond donors (Lipinski definition) is 3. The molecular weight excluding hydrogens is 536 g/mol. The van der Waals surface area contributed by atoms with Crippen molar-refractivity contribution in [2.75, 3.05) is 0 Å². The second kappa shape index (κ2) is 13.6. The monoisotopic (exact) mass is 584 g/mol. The van der Waals surface area contributed by atoms with Crippen LogP contribution in [0.1, 0.15) is 136 Å². The molecule has 0 saturated heterocycles. The zero-order valence-corrected chi connectivity index (χ0v) is 28.0. The van der Waals surface area contributed by atoms with Crippen molar-refractivity contribution >= 4 is 30.0 Å². The first-order valence-electron chi connectivity index (χ1n) is 16.8. The SMILES string of the molecule is CCC1=C(CC)C2=NC1=C=Cc1[nH]c(c(CC)c1CC)C#Cc1[nH]c(c(CC)c1CC)C=Cc1[nH]c(c(CC)c1CC)C=C2. The van der Waals surface area contributed by atoms with E-state index in [0.717, 1.165) is 85.6 Å². The van der Waals surface area contributed by atoms with Crippen LogP contribution in [0.25, 0.3) is 24.3 Å². The molecule has 0 radical (unpaired) electrons. The summed E-state index contributed by atoms with van der Waals surface area (Å²) in [4.78, 5) is 16.3. The molecule has 4 nitrogen and oxygen atoms in total. The van der Waals surface area contributed by atoms with Crippen LogP contribution < -0.4 is 0 Å². The summed E-state index contributed by atoms with van der Waals surface area (Å²) >= 11 is 0. The van der Waals surface area contributed by atoms with Gasteiger partial charge in [0.15, 0.2) is 0 Å². The van der Waals surface area contributed by atoms with E-state index in [1.807, 2.05) is 0 Å². The Morgan fingerprint density at radius 3 is 1.41 bits per heavy atom. The summed E-state index contributed by atoms with van der Waals surface area (Å²) in [6.07, 6.45) is 18.6. The molecule has 4 heteroatoms. The summed E-state index contributed by atoms with van der Waals surface area (Å²) in [6.45, 7) is 17.9. The first-order valence-corrected chi connectivity index (χ1v) is 16.8. The van der Waals surface area contributed by atoms with Crippen LogP contribution in [-0.2, 0) is 38.5 Å². The van der Waals surface area contributed by atoms with Crippen LogP contribution in [0, 0.1) is 11.8 Å². The maximum absolute atomic E-state index is 5.13. The maximum atomic E-state index is 5.13. The van der Waals surface area contributed by atoms with E-state index in [9.17, 15) is 0 Å². The van der Waals surface area contributed by atoms with Gasteiger partial charge in [0, 0.05) is 23.2 Å². The van der Waals surface area contributed by atoms with Gasteiger partial charge in [0.05, 0.1) is 22.8 Å². The standard InChI is InChI=1S/C40H48N4/c1-9-25-26(10-2)34-19-20-36-29(13-5)30(14-6)38(43-36)23-24-40-32(16-8)31(15-7)39(44-40)22-21-37-28(12-4)27(11-3)35(42-37)18-17-33(25)41-34/h17-20,22,41,43-44H,9-16H2,1-8H3. The average Bonchev–Trinajstić information content (AvgIpc) is 3.77. The van der Waals surface area contributed by atoms with E-state index < -0.39 is 0 Å². The Hall–Kier alpha value is -4.19. The number of hydrogen-bond acceptors (Lipinski definition) is 1. The number of nitrogens with zero attached hydrogens (tertiary/aromatic N) is 1. The number of nitrogens with one attached hydrogen (secondary N) is 3. The molecule has 3 aromatic rings. The molecule has 2 aliphatic rings. The van der Waals surface area contributed by atoms with Gasteiger partial charge in [-0.3, -0.25) is 0 Å². The number of aromatic amines is 3. The second-order valence-electron chi connectivity index (χ2n) is 11.5. The van der Waals surface area contributed by atoms with Crippen molar-refractivity contribution in [3.05, 3.63) is 96.2 Å². The molecule has 0 fully saturated rings. The molecule has 0 unspecified atom stereocenters. The predicted octanol–water partition coefficient (Wildman–Crippen LogP) is 9.71. The fraction of sp³-hybridized carbons (Fsp3) is 0.400. The summed E-state index contributed by atoms with van der Waals surface area (Å²) in [7, 11) is 0. The van der Waals surface area contributed by atoms with E-state index >= 15 is 0 Å². The zero-order valence-electron chi connectivity index (χ0n) is 28.0. The molecule has 2 aliphatic heterocycles. The van der Waals surface area contributed by atoms with Gasteiger partial charge in [0.1, 0.15) is 5.70 Å². The van der Waals surface area contributed by atoms with Crippen LogP contribution in [0.3, 0.4) is 0 Å². The van der Waals surface area contributed by atoms with Gasteiger partial charge in [-0.1, -0.05) is 61.1 Å². The van der Waals surface area contributed by atoms with E-state index in [1.54, 1.807) is 0 Å². The zero-order chi connectivity index (χ0) is 31.4.